The molecule has 0 aliphatic heterocycles. The molecule has 0 aliphatic rings. The Morgan fingerprint density at radius 2 is 1.19 bits per heavy atom. The van der Waals surface area contributed by atoms with Gasteiger partial charge in [-0.2, -0.15) is 0 Å². The van der Waals surface area contributed by atoms with Crippen molar-refractivity contribution < 1.29 is 19.1 Å². The third-order valence-corrected chi connectivity index (χ3v) is 6.18. The van der Waals surface area contributed by atoms with Gasteiger partial charge < -0.3 is 14.8 Å². The number of benzene rings is 4. The summed E-state index contributed by atoms with van der Waals surface area (Å²) in [6, 6.07) is 37.8. The van der Waals surface area contributed by atoms with E-state index in [0.717, 1.165) is 16.7 Å². The largest absolute Gasteiger partial charge is 0.452 e. The Morgan fingerprint density at radius 1 is 0.757 bits per heavy atom. The van der Waals surface area contributed by atoms with Crippen molar-refractivity contribution in [1.29, 1.82) is 0 Å². The van der Waals surface area contributed by atoms with Crippen molar-refractivity contribution in [2.45, 2.75) is 17.7 Å². The third-order valence-electron chi connectivity index (χ3n) is 6.18. The van der Waals surface area contributed by atoms with Gasteiger partial charge in [0, 0.05) is 0 Å². The molecule has 0 unspecified atom stereocenters. The summed E-state index contributed by atoms with van der Waals surface area (Å²) in [6.45, 7) is 3.88. The highest BCUT2D eigenvalue weighted by Gasteiger charge is 2.39. The molecule has 5 heteroatoms. The summed E-state index contributed by atoms with van der Waals surface area (Å²) in [6.07, 6.45) is 1.26. The first kappa shape index (κ1) is 25.6. The fourth-order valence-corrected chi connectivity index (χ4v) is 4.37. The lowest BCUT2D eigenvalue weighted by Gasteiger charge is -2.37. The number of carbonyl (C=O) groups is 2. The quantitative estimate of drug-likeness (QED) is 0.123. The predicted molar refractivity (Wildman–Crippen MR) is 144 cm³/mol. The number of hydrogen-bond acceptors (Lipinski definition) is 4. The lowest BCUT2D eigenvalue weighted by Crippen LogP contribution is -2.47. The highest BCUT2D eigenvalue weighted by Crippen LogP contribution is 2.40. The molecule has 4 aromatic carbocycles. The minimum atomic E-state index is -0.984. The summed E-state index contributed by atoms with van der Waals surface area (Å²) in [5, 5.41) is 2.76. The van der Waals surface area contributed by atoms with Crippen LogP contribution in [0.3, 0.4) is 0 Å². The topological polar surface area (TPSA) is 64.6 Å². The maximum absolute atomic E-state index is 12.8. The molecule has 186 valence electrons. The maximum atomic E-state index is 12.8. The summed E-state index contributed by atoms with van der Waals surface area (Å²) in [4.78, 5) is 24.3. The van der Waals surface area contributed by atoms with Gasteiger partial charge in [-0.05, 0) is 34.9 Å². The van der Waals surface area contributed by atoms with Gasteiger partial charge in [-0.25, -0.2) is 4.79 Å². The van der Waals surface area contributed by atoms with Crippen LogP contribution in [0.15, 0.2) is 134 Å². The lowest BCUT2D eigenvalue weighted by atomic mass is 9.80. The highest BCUT2D eigenvalue weighted by atomic mass is 16.5. The van der Waals surface area contributed by atoms with E-state index in [9.17, 15) is 9.59 Å². The Kier molecular flexibility index (Phi) is 8.63. The number of ether oxygens (including phenoxy) is 2. The zero-order valence-electron chi connectivity index (χ0n) is 20.4. The van der Waals surface area contributed by atoms with Crippen LogP contribution in [0.5, 0.6) is 0 Å². The summed E-state index contributed by atoms with van der Waals surface area (Å²) in [5.74, 6) is -0.511. The molecule has 0 bridgehead atoms. The number of nitrogens with one attached hydrogen (secondary N) is 1. The normalized spacial score (nSPS) is 12.6. The van der Waals surface area contributed by atoms with E-state index in [2.05, 4.69) is 11.9 Å². The standard InChI is InChI=1S/C32H29NO4/c1-2-30(37-31(35)25-15-7-3-8-16-25)29(33-24-34)23-36-32(26-17-9-4-10-18-26,27-19-11-5-12-20-27)28-21-13-6-14-22-28/h2-22,24,29-30H,1,23H2,(H,33,34)/t29-,30+/m0/s1. The maximum Gasteiger partial charge on any atom is 0.338 e. The van der Waals surface area contributed by atoms with Gasteiger partial charge in [-0.1, -0.05) is 116 Å². The van der Waals surface area contributed by atoms with Crippen LogP contribution in [0.1, 0.15) is 27.0 Å². The second-order valence-electron chi connectivity index (χ2n) is 8.45. The van der Waals surface area contributed by atoms with Crippen LogP contribution in [0, 0.1) is 0 Å². The fourth-order valence-electron chi connectivity index (χ4n) is 4.37. The molecular weight excluding hydrogens is 462 g/mol. The van der Waals surface area contributed by atoms with Crippen molar-refractivity contribution in [3.05, 3.63) is 156 Å². The molecule has 5 nitrogen and oxygen atoms in total. The molecular formula is C32H29NO4. The van der Waals surface area contributed by atoms with Crippen molar-refractivity contribution >= 4 is 12.4 Å². The van der Waals surface area contributed by atoms with Crippen LogP contribution >= 0.6 is 0 Å². The van der Waals surface area contributed by atoms with E-state index in [1.807, 2.05) is 97.1 Å². The van der Waals surface area contributed by atoms with E-state index in [0.29, 0.717) is 12.0 Å². The molecule has 0 radical (unpaired) electrons. The number of hydrogen-bond donors (Lipinski definition) is 1. The molecule has 37 heavy (non-hydrogen) atoms. The zero-order valence-corrected chi connectivity index (χ0v) is 20.4. The van der Waals surface area contributed by atoms with E-state index in [1.165, 1.54) is 6.08 Å². The summed E-state index contributed by atoms with van der Waals surface area (Å²) in [7, 11) is 0. The van der Waals surface area contributed by atoms with Crippen LogP contribution in [0.4, 0.5) is 0 Å². The SMILES string of the molecule is C=C[C@@H](OC(=O)c1ccccc1)[C@H](COC(c1ccccc1)(c1ccccc1)c1ccccc1)NC=O. The Bertz CT molecular complexity index is 1180. The van der Waals surface area contributed by atoms with E-state index < -0.39 is 23.7 Å². The van der Waals surface area contributed by atoms with Crippen LogP contribution in [-0.2, 0) is 19.9 Å². The van der Waals surface area contributed by atoms with E-state index in [1.54, 1.807) is 24.3 Å². The smallest absolute Gasteiger partial charge is 0.338 e. The summed E-state index contributed by atoms with van der Waals surface area (Å²) < 4.78 is 12.5. The first-order chi connectivity index (χ1) is 18.2. The molecule has 0 fully saturated rings. The summed E-state index contributed by atoms with van der Waals surface area (Å²) >= 11 is 0. The third kappa shape index (κ3) is 5.85. The molecule has 4 rings (SSSR count). The Labute approximate surface area is 217 Å². The van der Waals surface area contributed by atoms with E-state index in [4.69, 9.17) is 9.47 Å². The summed E-state index contributed by atoms with van der Waals surface area (Å²) in [5.41, 5.74) is 2.20. The van der Waals surface area contributed by atoms with Crippen molar-refractivity contribution in [3.63, 3.8) is 0 Å². The number of amides is 1. The van der Waals surface area contributed by atoms with Crippen LogP contribution in [-0.4, -0.2) is 31.1 Å². The van der Waals surface area contributed by atoms with Gasteiger partial charge >= 0.3 is 5.97 Å². The first-order valence-electron chi connectivity index (χ1n) is 12.1. The van der Waals surface area contributed by atoms with E-state index >= 15 is 0 Å². The Balaban J connectivity index is 1.71. The highest BCUT2D eigenvalue weighted by molar-refractivity contribution is 5.89. The minimum Gasteiger partial charge on any atom is -0.452 e. The van der Waals surface area contributed by atoms with Crippen LogP contribution in [0.2, 0.25) is 0 Å². The van der Waals surface area contributed by atoms with Gasteiger partial charge in [0.15, 0.2) is 0 Å². The van der Waals surface area contributed by atoms with Gasteiger partial charge in [-0.15, -0.1) is 0 Å². The molecule has 0 heterocycles. The first-order valence-corrected chi connectivity index (χ1v) is 12.1. The molecule has 0 spiro atoms. The molecule has 2 atom stereocenters. The zero-order chi connectivity index (χ0) is 25.9. The molecule has 1 amide bonds. The number of esters is 1. The van der Waals surface area contributed by atoms with Crippen molar-refractivity contribution in [2.24, 2.45) is 0 Å². The predicted octanol–water partition coefficient (Wildman–Crippen LogP) is 5.52. The van der Waals surface area contributed by atoms with Gasteiger partial charge in [0.25, 0.3) is 0 Å². The van der Waals surface area contributed by atoms with E-state index in [-0.39, 0.29) is 6.61 Å². The molecule has 0 aliphatic carbocycles. The Hall–Kier alpha value is -4.48. The van der Waals surface area contributed by atoms with Gasteiger partial charge in [-0.3, -0.25) is 4.79 Å². The molecule has 0 aromatic heterocycles. The van der Waals surface area contributed by atoms with Crippen molar-refractivity contribution in [3.8, 4) is 0 Å². The molecule has 0 saturated heterocycles. The minimum absolute atomic E-state index is 0.0379. The number of rotatable bonds is 12. The van der Waals surface area contributed by atoms with Crippen LogP contribution < -0.4 is 5.32 Å². The second-order valence-corrected chi connectivity index (χ2v) is 8.45. The monoisotopic (exact) mass is 491 g/mol. The number of carbonyl (C=O) groups excluding carboxylic acids is 2. The van der Waals surface area contributed by atoms with Crippen LogP contribution in [0.25, 0.3) is 0 Å². The van der Waals surface area contributed by atoms with Gasteiger partial charge in [0.2, 0.25) is 6.41 Å². The second kappa shape index (κ2) is 12.5. The van der Waals surface area contributed by atoms with Crippen molar-refractivity contribution in [1.82, 2.24) is 5.32 Å². The molecule has 4 aromatic rings. The lowest BCUT2D eigenvalue weighted by molar-refractivity contribution is -0.112. The van der Waals surface area contributed by atoms with Gasteiger partial charge in [0.1, 0.15) is 11.7 Å². The Morgan fingerprint density at radius 3 is 1.59 bits per heavy atom. The average molecular weight is 492 g/mol. The average Bonchev–Trinajstić information content (AvgIpc) is 2.98. The molecule has 1 N–H and O–H groups in total. The van der Waals surface area contributed by atoms with Crippen molar-refractivity contribution in [2.75, 3.05) is 6.61 Å². The van der Waals surface area contributed by atoms with Gasteiger partial charge in [0.05, 0.1) is 18.2 Å². The fraction of sp³-hybridized carbons (Fsp3) is 0.125. The molecule has 0 saturated carbocycles.